The summed E-state index contributed by atoms with van der Waals surface area (Å²) in [5.41, 5.74) is 2.19. The highest BCUT2D eigenvalue weighted by Crippen LogP contribution is 2.21. The SMILES string of the molecule is C[C@H](NCC(=O)N1CCN(c2cccc(Cl)c2)CC1)c1cccc(Cl)c1. The average Bonchev–Trinajstić information content (AvgIpc) is 2.66. The molecule has 1 aliphatic rings. The number of nitrogens with zero attached hydrogens (tertiary/aromatic N) is 2. The molecule has 1 saturated heterocycles. The molecule has 1 atom stereocenters. The van der Waals surface area contributed by atoms with E-state index in [1.807, 2.05) is 54.3 Å². The van der Waals surface area contributed by atoms with Gasteiger partial charge in [0.15, 0.2) is 0 Å². The second-order valence-electron chi connectivity index (χ2n) is 6.51. The minimum absolute atomic E-state index is 0.0744. The van der Waals surface area contributed by atoms with Crippen molar-refractivity contribution in [2.75, 3.05) is 37.6 Å². The molecule has 1 aliphatic heterocycles. The van der Waals surface area contributed by atoms with Crippen molar-refractivity contribution in [3.05, 3.63) is 64.1 Å². The summed E-state index contributed by atoms with van der Waals surface area (Å²) >= 11 is 12.1. The normalized spacial score (nSPS) is 15.8. The van der Waals surface area contributed by atoms with E-state index in [-0.39, 0.29) is 11.9 Å². The van der Waals surface area contributed by atoms with Gasteiger partial charge in [0.2, 0.25) is 5.91 Å². The number of nitrogens with one attached hydrogen (secondary N) is 1. The van der Waals surface area contributed by atoms with Gasteiger partial charge < -0.3 is 15.1 Å². The van der Waals surface area contributed by atoms with Crippen LogP contribution < -0.4 is 10.2 Å². The molecule has 3 rings (SSSR count). The van der Waals surface area contributed by atoms with Crippen LogP contribution in [0.2, 0.25) is 10.0 Å². The molecule has 0 unspecified atom stereocenters. The molecular formula is C20H23Cl2N3O. The molecule has 0 radical (unpaired) electrons. The molecule has 1 fully saturated rings. The zero-order chi connectivity index (χ0) is 18.5. The first-order valence-corrected chi connectivity index (χ1v) is 9.55. The second kappa shape index (κ2) is 8.76. The van der Waals surface area contributed by atoms with Crippen molar-refractivity contribution < 1.29 is 4.79 Å². The van der Waals surface area contributed by atoms with E-state index in [2.05, 4.69) is 16.3 Å². The number of carbonyl (C=O) groups is 1. The molecule has 0 bridgehead atoms. The lowest BCUT2D eigenvalue weighted by Crippen LogP contribution is -2.51. The molecule has 2 aromatic rings. The monoisotopic (exact) mass is 391 g/mol. The number of hydrogen-bond acceptors (Lipinski definition) is 3. The zero-order valence-electron chi connectivity index (χ0n) is 14.8. The maximum atomic E-state index is 12.5. The van der Waals surface area contributed by atoms with Gasteiger partial charge in [-0.1, -0.05) is 41.4 Å². The lowest BCUT2D eigenvalue weighted by atomic mass is 10.1. The summed E-state index contributed by atoms with van der Waals surface area (Å²) < 4.78 is 0. The largest absolute Gasteiger partial charge is 0.368 e. The van der Waals surface area contributed by atoms with Crippen LogP contribution in [0.3, 0.4) is 0 Å². The van der Waals surface area contributed by atoms with Crippen molar-refractivity contribution in [3.63, 3.8) is 0 Å². The molecular weight excluding hydrogens is 369 g/mol. The van der Waals surface area contributed by atoms with Crippen LogP contribution in [0.25, 0.3) is 0 Å². The van der Waals surface area contributed by atoms with Gasteiger partial charge in [-0.25, -0.2) is 0 Å². The van der Waals surface area contributed by atoms with Gasteiger partial charge in [-0.2, -0.15) is 0 Å². The Balaban J connectivity index is 1.48. The highest BCUT2D eigenvalue weighted by molar-refractivity contribution is 6.31. The number of rotatable bonds is 5. The highest BCUT2D eigenvalue weighted by Gasteiger charge is 2.21. The quantitative estimate of drug-likeness (QED) is 0.836. The molecule has 2 aromatic carbocycles. The molecule has 1 heterocycles. The summed E-state index contributed by atoms with van der Waals surface area (Å²) in [6, 6.07) is 15.6. The maximum Gasteiger partial charge on any atom is 0.236 e. The van der Waals surface area contributed by atoms with Crippen LogP contribution in [0.4, 0.5) is 5.69 Å². The number of hydrogen-bond donors (Lipinski definition) is 1. The van der Waals surface area contributed by atoms with E-state index in [0.717, 1.165) is 42.5 Å². The topological polar surface area (TPSA) is 35.6 Å². The van der Waals surface area contributed by atoms with E-state index in [4.69, 9.17) is 23.2 Å². The van der Waals surface area contributed by atoms with Crippen LogP contribution in [0.1, 0.15) is 18.5 Å². The van der Waals surface area contributed by atoms with E-state index < -0.39 is 0 Å². The molecule has 1 N–H and O–H groups in total. The lowest BCUT2D eigenvalue weighted by molar-refractivity contribution is -0.130. The predicted octanol–water partition coefficient (Wildman–Crippen LogP) is 3.99. The molecule has 0 spiro atoms. The summed E-state index contributed by atoms with van der Waals surface area (Å²) in [6.07, 6.45) is 0. The van der Waals surface area contributed by atoms with E-state index in [1.54, 1.807) is 0 Å². The Labute approximate surface area is 164 Å². The van der Waals surface area contributed by atoms with Crippen molar-refractivity contribution in [1.29, 1.82) is 0 Å². The summed E-state index contributed by atoms with van der Waals surface area (Å²) in [5, 5.41) is 4.74. The highest BCUT2D eigenvalue weighted by atomic mass is 35.5. The van der Waals surface area contributed by atoms with Crippen molar-refractivity contribution >= 4 is 34.8 Å². The van der Waals surface area contributed by atoms with Crippen LogP contribution in [-0.4, -0.2) is 43.5 Å². The van der Waals surface area contributed by atoms with Crippen LogP contribution >= 0.6 is 23.2 Å². The number of piperazine rings is 1. The fraction of sp³-hybridized carbons (Fsp3) is 0.350. The summed E-state index contributed by atoms with van der Waals surface area (Å²) in [4.78, 5) is 16.7. The third kappa shape index (κ3) is 4.91. The van der Waals surface area contributed by atoms with Crippen molar-refractivity contribution in [3.8, 4) is 0 Å². The van der Waals surface area contributed by atoms with Crippen molar-refractivity contribution in [2.45, 2.75) is 13.0 Å². The fourth-order valence-electron chi connectivity index (χ4n) is 3.13. The Kier molecular flexibility index (Phi) is 6.41. The first-order valence-electron chi connectivity index (χ1n) is 8.80. The number of carbonyl (C=O) groups excluding carboxylic acids is 1. The van der Waals surface area contributed by atoms with Crippen LogP contribution in [-0.2, 0) is 4.79 Å². The minimum Gasteiger partial charge on any atom is -0.368 e. The van der Waals surface area contributed by atoms with Gasteiger partial charge in [-0.05, 0) is 42.8 Å². The Morgan fingerprint density at radius 2 is 1.69 bits per heavy atom. The van der Waals surface area contributed by atoms with Crippen LogP contribution in [0.5, 0.6) is 0 Å². The number of amides is 1. The first-order chi connectivity index (χ1) is 12.5. The standard InChI is InChI=1S/C20H23Cl2N3O/c1-15(16-4-2-5-17(21)12-16)23-14-20(26)25-10-8-24(9-11-25)19-7-3-6-18(22)13-19/h2-7,12-13,15,23H,8-11,14H2,1H3/t15-/m0/s1. The average molecular weight is 392 g/mol. The summed E-state index contributed by atoms with van der Waals surface area (Å²) in [6.45, 7) is 5.43. The van der Waals surface area contributed by atoms with E-state index in [9.17, 15) is 4.79 Å². The van der Waals surface area contributed by atoms with E-state index in [0.29, 0.717) is 11.6 Å². The molecule has 0 aliphatic carbocycles. The molecule has 6 heteroatoms. The summed E-state index contributed by atoms with van der Waals surface area (Å²) in [5.74, 6) is 0.129. The molecule has 0 saturated carbocycles. The Morgan fingerprint density at radius 3 is 2.35 bits per heavy atom. The number of benzene rings is 2. The van der Waals surface area contributed by atoms with Gasteiger partial charge in [-0.3, -0.25) is 4.79 Å². The fourth-order valence-corrected chi connectivity index (χ4v) is 3.52. The lowest BCUT2D eigenvalue weighted by Gasteiger charge is -2.36. The van der Waals surface area contributed by atoms with Crippen molar-refractivity contribution in [2.24, 2.45) is 0 Å². The van der Waals surface area contributed by atoms with Crippen LogP contribution in [0.15, 0.2) is 48.5 Å². The van der Waals surface area contributed by atoms with Crippen LogP contribution in [0, 0.1) is 0 Å². The molecule has 0 aromatic heterocycles. The Morgan fingerprint density at radius 1 is 1.04 bits per heavy atom. The molecule has 4 nitrogen and oxygen atoms in total. The van der Waals surface area contributed by atoms with Gasteiger partial charge >= 0.3 is 0 Å². The molecule has 26 heavy (non-hydrogen) atoms. The third-order valence-electron chi connectivity index (χ3n) is 4.71. The number of anilines is 1. The van der Waals surface area contributed by atoms with Gasteiger partial charge in [-0.15, -0.1) is 0 Å². The van der Waals surface area contributed by atoms with Crippen molar-refractivity contribution in [1.82, 2.24) is 10.2 Å². The van der Waals surface area contributed by atoms with Gasteiger partial charge in [0.25, 0.3) is 0 Å². The minimum atomic E-state index is 0.0744. The maximum absolute atomic E-state index is 12.5. The van der Waals surface area contributed by atoms with Gasteiger partial charge in [0.05, 0.1) is 6.54 Å². The third-order valence-corrected chi connectivity index (χ3v) is 5.18. The molecule has 138 valence electrons. The van der Waals surface area contributed by atoms with Gasteiger partial charge in [0, 0.05) is 48.0 Å². The van der Waals surface area contributed by atoms with E-state index in [1.165, 1.54) is 0 Å². The zero-order valence-corrected chi connectivity index (χ0v) is 16.3. The second-order valence-corrected chi connectivity index (χ2v) is 7.38. The Bertz CT molecular complexity index is 760. The van der Waals surface area contributed by atoms with Gasteiger partial charge in [0.1, 0.15) is 0 Å². The summed E-state index contributed by atoms with van der Waals surface area (Å²) in [7, 11) is 0. The number of halogens is 2. The molecule has 1 amide bonds. The Hall–Kier alpha value is -1.75. The predicted molar refractivity (Wildman–Crippen MR) is 108 cm³/mol. The smallest absolute Gasteiger partial charge is 0.236 e. The van der Waals surface area contributed by atoms with E-state index >= 15 is 0 Å². The first kappa shape index (κ1) is 19.0.